The van der Waals surface area contributed by atoms with Gasteiger partial charge in [0.05, 0.1) is 16.8 Å². The monoisotopic (exact) mass is 581 g/mol. The Balaban J connectivity index is 1.16. The van der Waals surface area contributed by atoms with E-state index in [2.05, 4.69) is 64.4 Å². The van der Waals surface area contributed by atoms with E-state index in [9.17, 15) is 5.26 Å². The molecule has 5 heterocycles. The summed E-state index contributed by atoms with van der Waals surface area (Å²) in [6.07, 6.45) is 13.8. The summed E-state index contributed by atoms with van der Waals surface area (Å²) in [5, 5.41) is 12.6. The van der Waals surface area contributed by atoms with Gasteiger partial charge in [0.15, 0.2) is 6.19 Å². The molecule has 1 aromatic heterocycles. The molecule has 2 aromatic rings. The highest BCUT2D eigenvalue weighted by molar-refractivity contribution is 5.53. The van der Waals surface area contributed by atoms with Crippen molar-refractivity contribution in [2.45, 2.75) is 94.8 Å². The highest BCUT2D eigenvalue weighted by Crippen LogP contribution is 2.48. The molecule has 1 N–H and O–H groups in total. The SMILES string of the molecule is CC1CN2CCC[C@@]2(COc2nc3c(c(N4CCC5CC(C4)[C@@H](NC#N)C5)n2)CN(C)[C@@]2(CCCc4ccccc42)C3)C1. The van der Waals surface area contributed by atoms with Crippen LogP contribution in [0.4, 0.5) is 5.82 Å². The highest BCUT2D eigenvalue weighted by atomic mass is 16.5. The molecule has 43 heavy (non-hydrogen) atoms. The minimum Gasteiger partial charge on any atom is -0.461 e. The van der Waals surface area contributed by atoms with Crippen LogP contribution in [0.15, 0.2) is 24.3 Å². The third kappa shape index (κ3) is 4.61. The second kappa shape index (κ2) is 10.6. The number of ether oxygens (including phenoxy) is 1. The van der Waals surface area contributed by atoms with E-state index in [1.807, 2.05) is 0 Å². The summed E-state index contributed by atoms with van der Waals surface area (Å²) in [5.74, 6) is 2.93. The van der Waals surface area contributed by atoms with Crippen LogP contribution >= 0.6 is 0 Å². The number of benzene rings is 1. The third-order valence-electron chi connectivity index (χ3n) is 12.3. The lowest BCUT2D eigenvalue weighted by molar-refractivity contribution is 0.0714. The molecule has 4 fully saturated rings. The molecule has 3 unspecified atom stereocenters. The van der Waals surface area contributed by atoms with E-state index in [4.69, 9.17) is 14.7 Å². The van der Waals surface area contributed by atoms with Crippen molar-refractivity contribution < 1.29 is 4.74 Å². The molecule has 228 valence electrons. The molecule has 2 bridgehead atoms. The second-order valence-corrected chi connectivity index (χ2v) is 14.9. The summed E-state index contributed by atoms with van der Waals surface area (Å²) in [6.45, 7) is 8.23. The maximum absolute atomic E-state index is 9.42. The van der Waals surface area contributed by atoms with Crippen molar-refractivity contribution in [1.29, 1.82) is 5.26 Å². The van der Waals surface area contributed by atoms with E-state index in [1.54, 1.807) is 0 Å². The number of nitrogens with zero attached hydrogens (tertiary/aromatic N) is 6. The number of nitrogens with one attached hydrogen (secondary N) is 1. The van der Waals surface area contributed by atoms with Gasteiger partial charge in [0.25, 0.3) is 0 Å². The van der Waals surface area contributed by atoms with E-state index in [0.29, 0.717) is 30.4 Å². The maximum atomic E-state index is 9.42. The molecule has 3 saturated heterocycles. The number of hydrogen-bond acceptors (Lipinski definition) is 8. The van der Waals surface area contributed by atoms with Crippen LogP contribution in [0.5, 0.6) is 6.01 Å². The molecule has 0 amide bonds. The Labute approximate surface area is 256 Å². The molecule has 8 rings (SSSR count). The van der Waals surface area contributed by atoms with Crippen LogP contribution in [0.25, 0.3) is 0 Å². The molecular formula is C35H47N7O. The van der Waals surface area contributed by atoms with Crippen molar-refractivity contribution >= 4 is 5.82 Å². The Morgan fingerprint density at radius 2 is 2.02 bits per heavy atom. The number of aromatic nitrogens is 2. The van der Waals surface area contributed by atoms with E-state index in [1.165, 1.54) is 67.6 Å². The number of anilines is 1. The molecular weight excluding hydrogens is 534 g/mol. The standard InChI is InChI=1S/C35H47N7O/c1-24-17-34(11-6-13-42(34)19-24)22-43-33-38-31-18-35(12-5-8-26-7-3-4-9-29(26)35)40(2)21-28(31)32(39-33)41-14-10-25-15-27(20-41)30(16-25)37-23-36/h3-4,7,9,24-25,27,30,37H,5-6,8,10-22H2,1-2H3/t24?,25?,27?,30-,34-,35-/m0/s1. The van der Waals surface area contributed by atoms with Crippen LogP contribution in [-0.2, 0) is 24.9 Å². The number of rotatable bonds is 5. The number of aryl methyl sites for hydroxylation is 1. The third-order valence-corrected chi connectivity index (χ3v) is 12.3. The Kier molecular flexibility index (Phi) is 6.83. The zero-order valence-electron chi connectivity index (χ0n) is 26.0. The van der Waals surface area contributed by atoms with Gasteiger partial charge >= 0.3 is 6.01 Å². The summed E-state index contributed by atoms with van der Waals surface area (Å²) < 4.78 is 6.71. The fraction of sp³-hybridized carbons (Fsp3) is 0.686. The van der Waals surface area contributed by atoms with Crippen LogP contribution in [0, 0.1) is 29.2 Å². The first-order valence-electron chi connectivity index (χ1n) is 16.9. The zero-order valence-corrected chi connectivity index (χ0v) is 26.0. The van der Waals surface area contributed by atoms with Gasteiger partial charge in [-0.3, -0.25) is 9.80 Å². The van der Waals surface area contributed by atoms with Gasteiger partial charge in [-0.15, -0.1) is 0 Å². The fourth-order valence-corrected chi connectivity index (χ4v) is 10.3. The van der Waals surface area contributed by atoms with Gasteiger partial charge in [-0.25, -0.2) is 0 Å². The molecule has 1 saturated carbocycles. The normalized spacial score (nSPS) is 35.2. The summed E-state index contributed by atoms with van der Waals surface area (Å²) in [6, 6.07) is 9.93. The highest BCUT2D eigenvalue weighted by Gasteiger charge is 2.49. The van der Waals surface area contributed by atoms with Gasteiger partial charge in [0.2, 0.25) is 0 Å². The molecule has 4 aliphatic heterocycles. The first kappa shape index (κ1) is 27.6. The van der Waals surface area contributed by atoms with Crippen LogP contribution in [0.3, 0.4) is 0 Å². The van der Waals surface area contributed by atoms with Gasteiger partial charge in [-0.2, -0.15) is 15.2 Å². The Bertz CT molecular complexity index is 1420. The minimum atomic E-state index is -0.0355. The first-order valence-corrected chi connectivity index (χ1v) is 16.9. The van der Waals surface area contributed by atoms with E-state index in [0.717, 1.165) is 57.6 Å². The van der Waals surface area contributed by atoms with Crippen molar-refractivity contribution in [3.8, 4) is 12.2 Å². The Morgan fingerprint density at radius 3 is 2.93 bits per heavy atom. The maximum Gasteiger partial charge on any atom is 0.318 e. The summed E-state index contributed by atoms with van der Waals surface area (Å²) in [7, 11) is 2.31. The second-order valence-electron chi connectivity index (χ2n) is 14.9. The van der Waals surface area contributed by atoms with E-state index < -0.39 is 0 Å². The average Bonchev–Trinajstić information content (AvgIpc) is 3.60. The summed E-state index contributed by atoms with van der Waals surface area (Å²) >= 11 is 0. The van der Waals surface area contributed by atoms with Crippen molar-refractivity contribution in [2.24, 2.45) is 17.8 Å². The molecule has 8 heteroatoms. The molecule has 1 spiro atoms. The topological polar surface area (TPSA) is 80.5 Å². The molecule has 6 aliphatic rings. The quantitative estimate of drug-likeness (QED) is 0.405. The lowest BCUT2D eigenvalue weighted by atomic mass is 9.71. The van der Waals surface area contributed by atoms with E-state index in [-0.39, 0.29) is 17.1 Å². The van der Waals surface area contributed by atoms with Crippen LogP contribution < -0.4 is 15.0 Å². The largest absolute Gasteiger partial charge is 0.461 e. The van der Waals surface area contributed by atoms with Gasteiger partial charge in [0, 0.05) is 44.2 Å². The zero-order chi connectivity index (χ0) is 29.2. The number of likely N-dealkylation sites (N-methyl/N-ethyl adjacent to an activating group) is 1. The van der Waals surface area contributed by atoms with Crippen LogP contribution in [0.2, 0.25) is 0 Å². The predicted octanol–water partition coefficient (Wildman–Crippen LogP) is 4.63. The summed E-state index contributed by atoms with van der Waals surface area (Å²) in [5.41, 5.74) is 5.53. The van der Waals surface area contributed by atoms with Gasteiger partial charge in [0.1, 0.15) is 12.4 Å². The first-order chi connectivity index (χ1) is 21.0. The number of nitriles is 1. The van der Waals surface area contributed by atoms with E-state index >= 15 is 0 Å². The van der Waals surface area contributed by atoms with Crippen molar-refractivity contribution in [1.82, 2.24) is 25.1 Å². The number of hydrogen-bond donors (Lipinski definition) is 1. The van der Waals surface area contributed by atoms with Crippen molar-refractivity contribution in [2.75, 3.05) is 44.7 Å². The molecule has 6 atom stereocenters. The minimum absolute atomic E-state index is 0.0355. The lowest BCUT2D eigenvalue weighted by Gasteiger charge is -2.49. The average molecular weight is 582 g/mol. The summed E-state index contributed by atoms with van der Waals surface area (Å²) in [4.78, 5) is 18.3. The molecule has 0 radical (unpaired) electrons. The fourth-order valence-electron chi connectivity index (χ4n) is 10.3. The molecule has 2 aliphatic carbocycles. The Morgan fingerprint density at radius 1 is 1.12 bits per heavy atom. The molecule has 1 aromatic carbocycles. The van der Waals surface area contributed by atoms with Gasteiger partial charge in [-0.1, -0.05) is 31.2 Å². The molecule has 8 nitrogen and oxygen atoms in total. The van der Waals surface area contributed by atoms with Crippen LogP contribution in [-0.4, -0.2) is 71.2 Å². The van der Waals surface area contributed by atoms with Crippen molar-refractivity contribution in [3.63, 3.8) is 0 Å². The number of fused-ring (bicyclic) bond motifs is 6. The van der Waals surface area contributed by atoms with Crippen molar-refractivity contribution in [3.05, 3.63) is 46.6 Å². The van der Waals surface area contributed by atoms with Gasteiger partial charge in [-0.05, 0) is 100 Å². The smallest absolute Gasteiger partial charge is 0.318 e. The van der Waals surface area contributed by atoms with Crippen LogP contribution in [0.1, 0.15) is 80.7 Å². The van der Waals surface area contributed by atoms with Gasteiger partial charge < -0.3 is 15.0 Å². The Hall–Kier alpha value is -2.89. The predicted molar refractivity (Wildman–Crippen MR) is 167 cm³/mol. The lowest BCUT2D eigenvalue weighted by Crippen LogP contribution is -2.51.